The third kappa shape index (κ3) is 3.45. The monoisotopic (exact) mass is 308 g/mol. The minimum Gasteiger partial charge on any atom is -0.478 e. The lowest BCUT2D eigenvalue weighted by atomic mass is 9.87. The molecule has 0 heterocycles. The minimum atomic E-state index is -0.831. The van der Waals surface area contributed by atoms with Gasteiger partial charge < -0.3 is 5.11 Å². The zero-order valence-corrected chi connectivity index (χ0v) is 11.8. The molecule has 3 heteroatoms. The van der Waals surface area contributed by atoms with Gasteiger partial charge in [-0.05, 0) is 36.5 Å². The zero-order chi connectivity index (χ0) is 13.0. The molecular formula is C15H17BrO2. The third-order valence-corrected chi connectivity index (χ3v) is 3.97. The molecule has 0 bridgehead atoms. The van der Waals surface area contributed by atoms with Gasteiger partial charge in [-0.3, -0.25) is 0 Å². The Morgan fingerprint density at radius 2 is 1.78 bits per heavy atom. The SMILES string of the molecule is O=C(O)/C(=C/C1CCCCC1)c1ccc(Br)cc1. The van der Waals surface area contributed by atoms with E-state index in [9.17, 15) is 9.90 Å². The van der Waals surface area contributed by atoms with Crippen LogP contribution in [-0.4, -0.2) is 11.1 Å². The number of hydrogen-bond donors (Lipinski definition) is 1. The molecule has 1 fully saturated rings. The minimum absolute atomic E-state index is 0.425. The molecule has 1 aromatic carbocycles. The molecule has 96 valence electrons. The van der Waals surface area contributed by atoms with E-state index in [0.29, 0.717) is 11.5 Å². The highest BCUT2D eigenvalue weighted by molar-refractivity contribution is 9.10. The topological polar surface area (TPSA) is 37.3 Å². The van der Waals surface area contributed by atoms with Gasteiger partial charge in [-0.2, -0.15) is 0 Å². The van der Waals surface area contributed by atoms with Gasteiger partial charge in [0.25, 0.3) is 0 Å². The predicted octanol–water partition coefficient (Wildman–Crippen LogP) is 4.50. The largest absolute Gasteiger partial charge is 0.478 e. The van der Waals surface area contributed by atoms with Crippen molar-refractivity contribution in [3.8, 4) is 0 Å². The fraction of sp³-hybridized carbons (Fsp3) is 0.400. The van der Waals surface area contributed by atoms with Crippen molar-refractivity contribution in [2.45, 2.75) is 32.1 Å². The molecule has 1 N–H and O–H groups in total. The molecule has 1 aliphatic rings. The summed E-state index contributed by atoms with van der Waals surface area (Å²) in [5.41, 5.74) is 1.23. The Kier molecular flexibility index (Phi) is 4.59. The van der Waals surface area contributed by atoms with E-state index >= 15 is 0 Å². The molecule has 18 heavy (non-hydrogen) atoms. The number of aliphatic carboxylic acids is 1. The number of halogens is 1. The molecule has 1 saturated carbocycles. The second-order valence-electron chi connectivity index (χ2n) is 4.79. The molecule has 0 aromatic heterocycles. The van der Waals surface area contributed by atoms with Crippen LogP contribution in [0.4, 0.5) is 0 Å². The van der Waals surface area contributed by atoms with Crippen molar-refractivity contribution in [3.05, 3.63) is 40.4 Å². The van der Waals surface area contributed by atoms with Gasteiger partial charge >= 0.3 is 5.97 Å². The van der Waals surface area contributed by atoms with Crippen molar-refractivity contribution in [2.24, 2.45) is 5.92 Å². The van der Waals surface area contributed by atoms with Gasteiger partial charge in [0.2, 0.25) is 0 Å². The first-order valence-electron chi connectivity index (χ1n) is 6.38. The zero-order valence-electron chi connectivity index (χ0n) is 10.2. The standard InChI is InChI=1S/C15H17BrO2/c16-13-8-6-12(7-9-13)14(15(17)18)10-11-4-2-1-3-5-11/h6-11H,1-5H2,(H,17,18)/b14-10+. The summed E-state index contributed by atoms with van der Waals surface area (Å²) in [6.45, 7) is 0. The first-order valence-corrected chi connectivity index (χ1v) is 7.17. The average Bonchev–Trinajstić information content (AvgIpc) is 2.38. The molecule has 0 unspecified atom stereocenters. The average molecular weight is 309 g/mol. The molecule has 0 atom stereocenters. The molecule has 2 rings (SSSR count). The maximum absolute atomic E-state index is 11.4. The summed E-state index contributed by atoms with van der Waals surface area (Å²) in [5, 5.41) is 9.35. The van der Waals surface area contributed by atoms with Gasteiger partial charge in [0.05, 0.1) is 5.57 Å². The lowest BCUT2D eigenvalue weighted by Crippen LogP contribution is -2.07. The van der Waals surface area contributed by atoms with Crippen molar-refractivity contribution in [2.75, 3.05) is 0 Å². The predicted molar refractivity (Wildman–Crippen MR) is 76.3 cm³/mol. The van der Waals surface area contributed by atoms with Crippen LogP contribution in [0.25, 0.3) is 5.57 Å². The number of carboxylic acids is 1. The van der Waals surface area contributed by atoms with Crippen molar-refractivity contribution < 1.29 is 9.90 Å². The molecular weight excluding hydrogens is 292 g/mol. The van der Waals surface area contributed by atoms with Crippen molar-refractivity contribution in [3.63, 3.8) is 0 Å². The highest BCUT2D eigenvalue weighted by atomic mass is 79.9. The molecule has 0 radical (unpaired) electrons. The van der Waals surface area contributed by atoms with Crippen LogP contribution in [0.15, 0.2) is 34.8 Å². The number of carbonyl (C=O) groups is 1. The van der Waals surface area contributed by atoms with E-state index in [1.165, 1.54) is 19.3 Å². The number of carboxylic acid groups (broad SMARTS) is 1. The molecule has 1 aliphatic carbocycles. The Balaban J connectivity index is 2.24. The van der Waals surface area contributed by atoms with Crippen LogP contribution in [0.3, 0.4) is 0 Å². The van der Waals surface area contributed by atoms with Gasteiger partial charge in [-0.15, -0.1) is 0 Å². The second kappa shape index (κ2) is 6.19. The fourth-order valence-electron chi connectivity index (χ4n) is 2.46. The summed E-state index contributed by atoms with van der Waals surface area (Å²) in [5.74, 6) is -0.406. The summed E-state index contributed by atoms with van der Waals surface area (Å²) >= 11 is 3.36. The molecule has 0 saturated heterocycles. The van der Waals surface area contributed by atoms with Crippen molar-refractivity contribution >= 4 is 27.5 Å². The van der Waals surface area contributed by atoms with E-state index in [0.717, 1.165) is 22.9 Å². The number of hydrogen-bond acceptors (Lipinski definition) is 1. The van der Waals surface area contributed by atoms with E-state index in [1.807, 2.05) is 30.3 Å². The first-order chi connectivity index (χ1) is 8.66. The van der Waals surface area contributed by atoms with Crippen LogP contribution >= 0.6 is 15.9 Å². The summed E-state index contributed by atoms with van der Waals surface area (Å²) in [7, 11) is 0. The van der Waals surface area contributed by atoms with Crippen LogP contribution in [0, 0.1) is 5.92 Å². The van der Waals surface area contributed by atoms with Crippen LogP contribution in [0.5, 0.6) is 0 Å². The summed E-state index contributed by atoms with van der Waals surface area (Å²) < 4.78 is 0.966. The highest BCUT2D eigenvalue weighted by Crippen LogP contribution is 2.28. The van der Waals surface area contributed by atoms with E-state index < -0.39 is 5.97 Å². The normalized spacial score (nSPS) is 17.7. The van der Waals surface area contributed by atoms with Crippen LogP contribution < -0.4 is 0 Å². The van der Waals surface area contributed by atoms with Gasteiger partial charge in [0.1, 0.15) is 0 Å². The van der Waals surface area contributed by atoms with E-state index in [-0.39, 0.29) is 0 Å². The lowest BCUT2D eigenvalue weighted by Gasteiger charge is -2.19. The smallest absolute Gasteiger partial charge is 0.335 e. The van der Waals surface area contributed by atoms with Crippen molar-refractivity contribution in [1.82, 2.24) is 0 Å². The summed E-state index contributed by atoms with van der Waals surface area (Å²) in [6.07, 6.45) is 7.90. The van der Waals surface area contributed by atoms with Gasteiger partial charge in [0.15, 0.2) is 0 Å². The van der Waals surface area contributed by atoms with Crippen LogP contribution in [0.1, 0.15) is 37.7 Å². The Morgan fingerprint density at radius 3 is 2.33 bits per heavy atom. The van der Waals surface area contributed by atoms with Gasteiger partial charge in [0, 0.05) is 4.47 Å². The van der Waals surface area contributed by atoms with Gasteiger partial charge in [-0.25, -0.2) is 4.79 Å². The number of allylic oxidation sites excluding steroid dienone is 1. The lowest BCUT2D eigenvalue weighted by molar-refractivity contribution is -0.130. The summed E-state index contributed by atoms with van der Waals surface area (Å²) in [6, 6.07) is 7.47. The molecule has 0 aliphatic heterocycles. The molecule has 1 aromatic rings. The van der Waals surface area contributed by atoms with E-state index in [4.69, 9.17) is 0 Å². The summed E-state index contributed by atoms with van der Waals surface area (Å²) in [4.78, 5) is 11.4. The molecule has 2 nitrogen and oxygen atoms in total. The Morgan fingerprint density at radius 1 is 1.17 bits per heavy atom. The Labute approximate surface area is 116 Å². The Hall–Kier alpha value is -1.09. The number of benzene rings is 1. The Bertz CT molecular complexity index is 442. The number of rotatable bonds is 3. The van der Waals surface area contributed by atoms with Crippen LogP contribution in [-0.2, 0) is 4.79 Å². The fourth-order valence-corrected chi connectivity index (χ4v) is 2.72. The van der Waals surface area contributed by atoms with Crippen molar-refractivity contribution in [1.29, 1.82) is 0 Å². The second-order valence-corrected chi connectivity index (χ2v) is 5.71. The maximum atomic E-state index is 11.4. The quantitative estimate of drug-likeness (QED) is 0.835. The third-order valence-electron chi connectivity index (χ3n) is 3.44. The van der Waals surface area contributed by atoms with E-state index in [1.54, 1.807) is 0 Å². The maximum Gasteiger partial charge on any atom is 0.335 e. The van der Waals surface area contributed by atoms with E-state index in [2.05, 4.69) is 15.9 Å². The van der Waals surface area contributed by atoms with Crippen LogP contribution in [0.2, 0.25) is 0 Å². The highest BCUT2D eigenvalue weighted by Gasteiger charge is 2.16. The molecule has 0 spiro atoms. The van der Waals surface area contributed by atoms with Gasteiger partial charge in [-0.1, -0.05) is 53.4 Å². The molecule has 0 amide bonds. The first kappa shape index (κ1) is 13.3.